The fourth-order valence-electron chi connectivity index (χ4n) is 3.57. The standard InChI is InChI=1S/C20H24N6/c1-14-23-19-11-10-17(13-26(19)25-14)24-20(21-2)22-12-16-8-5-7-15-6-3-4-9-18(15)16/h3-9,17H,10-13H2,1-2H3,(H2,21,22,24). The number of fused-ring (bicyclic) bond motifs is 2. The molecule has 1 aliphatic heterocycles. The van der Waals surface area contributed by atoms with Crippen LogP contribution in [0.4, 0.5) is 0 Å². The summed E-state index contributed by atoms with van der Waals surface area (Å²) in [6.07, 6.45) is 1.98. The first-order chi connectivity index (χ1) is 12.7. The summed E-state index contributed by atoms with van der Waals surface area (Å²) in [5, 5.41) is 14.0. The van der Waals surface area contributed by atoms with Gasteiger partial charge in [0.25, 0.3) is 0 Å². The van der Waals surface area contributed by atoms with Crippen molar-refractivity contribution in [2.45, 2.75) is 38.9 Å². The zero-order chi connectivity index (χ0) is 17.9. The van der Waals surface area contributed by atoms with Crippen molar-refractivity contribution in [3.05, 3.63) is 59.7 Å². The molecule has 4 rings (SSSR count). The van der Waals surface area contributed by atoms with Crippen molar-refractivity contribution in [1.82, 2.24) is 25.4 Å². The third-order valence-electron chi connectivity index (χ3n) is 4.85. The Labute approximate surface area is 153 Å². The Morgan fingerprint density at radius 3 is 2.96 bits per heavy atom. The summed E-state index contributed by atoms with van der Waals surface area (Å²) < 4.78 is 2.01. The number of nitrogens with one attached hydrogen (secondary N) is 2. The molecule has 6 heteroatoms. The zero-order valence-electron chi connectivity index (χ0n) is 15.2. The molecule has 3 aromatic rings. The van der Waals surface area contributed by atoms with Crippen LogP contribution < -0.4 is 10.6 Å². The lowest BCUT2D eigenvalue weighted by Gasteiger charge is -2.25. The van der Waals surface area contributed by atoms with Gasteiger partial charge in [0.2, 0.25) is 0 Å². The number of rotatable bonds is 3. The number of nitrogens with zero attached hydrogens (tertiary/aromatic N) is 4. The van der Waals surface area contributed by atoms with Crippen LogP contribution in [0.2, 0.25) is 0 Å². The van der Waals surface area contributed by atoms with Crippen LogP contribution in [0.1, 0.15) is 23.6 Å². The highest BCUT2D eigenvalue weighted by molar-refractivity contribution is 5.86. The van der Waals surface area contributed by atoms with E-state index >= 15 is 0 Å². The van der Waals surface area contributed by atoms with Gasteiger partial charge in [-0.15, -0.1) is 0 Å². The van der Waals surface area contributed by atoms with Gasteiger partial charge in [-0.3, -0.25) is 4.99 Å². The first kappa shape index (κ1) is 16.6. The summed E-state index contributed by atoms with van der Waals surface area (Å²) in [5.74, 6) is 2.75. The molecular weight excluding hydrogens is 324 g/mol. The van der Waals surface area contributed by atoms with Gasteiger partial charge in [0.05, 0.1) is 6.54 Å². The number of guanidine groups is 1. The maximum Gasteiger partial charge on any atom is 0.191 e. The molecular formula is C20H24N6. The van der Waals surface area contributed by atoms with Gasteiger partial charge in [0, 0.05) is 26.1 Å². The lowest BCUT2D eigenvalue weighted by atomic mass is 10.0. The molecule has 0 aliphatic carbocycles. The van der Waals surface area contributed by atoms with Crippen LogP contribution in [0.5, 0.6) is 0 Å². The highest BCUT2D eigenvalue weighted by Crippen LogP contribution is 2.18. The molecule has 0 saturated carbocycles. The second-order valence-corrected chi connectivity index (χ2v) is 6.70. The maximum absolute atomic E-state index is 4.47. The molecule has 0 spiro atoms. The third-order valence-corrected chi connectivity index (χ3v) is 4.85. The smallest absolute Gasteiger partial charge is 0.191 e. The largest absolute Gasteiger partial charge is 0.352 e. The lowest BCUT2D eigenvalue weighted by Crippen LogP contribution is -2.46. The van der Waals surface area contributed by atoms with E-state index in [1.807, 2.05) is 18.7 Å². The first-order valence-corrected chi connectivity index (χ1v) is 9.07. The Hall–Kier alpha value is -2.89. The monoisotopic (exact) mass is 348 g/mol. The van der Waals surface area contributed by atoms with E-state index in [9.17, 15) is 0 Å². The van der Waals surface area contributed by atoms with Crippen LogP contribution in [0.25, 0.3) is 10.8 Å². The molecule has 134 valence electrons. The van der Waals surface area contributed by atoms with Crippen molar-refractivity contribution >= 4 is 16.7 Å². The van der Waals surface area contributed by atoms with Gasteiger partial charge in [-0.25, -0.2) is 9.67 Å². The molecule has 26 heavy (non-hydrogen) atoms. The summed E-state index contributed by atoms with van der Waals surface area (Å²) >= 11 is 0. The normalized spacial score (nSPS) is 17.2. The molecule has 0 radical (unpaired) electrons. The van der Waals surface area contributed by atoms with E-state index in [-0.39, 0.29) is 0 Å². The summed E-state index contributed by atoms with van der Waals surface area (Å²) in [6, 6.07) is 15.2. The van der Waals surface area contributed by atoms with E-state index in [0.717, 1.165) is 43.5 Å². The average Bonchev–Trinajstić information content (AvgIpc) is 3.04. The molecule has 1 unspecified atom stereocenters. The number of aromatic nitrogens is 3. The highest BCUT2D eigenvalue weighted by atomic mass is 15.4. The van der Waals surface area contributed by atoms with E-state index in [2.05, 4.69) is 68.2 Å². The summed E-state index contributed by atoms with van der Waals surface area (Å²) in [7, 11) is 1.81. The predicted octanol–water partition coefficient (Wildman–Crippen LogP) is 2.42. The Bertz CT molecular complexity index is 937. The van der Waals surface area contributed by atoms with Gasteiger partial charge in [0.15, 0.2) is 5.96 Å². The quantitative estimate of drug-likeness (QED) is 0.563. The minimum absolute atomic E-state index is 0.308. The molecule has 0 saturated heterocycles. The van der Waals surface area contributed by atoms with Crippen LogP contribution >= 0.6 is 0 Å². The van der Waals surface area contributed by atoms with Crippen LogP contribution in [0.15, 0.2) is 47.5 Å². The van der Waals surface area contributed by atoms with E-state index in [1.165, 1.54) is 16.3 Å². The van der Waals surface area contributed by atoms with Crippen molar-refractivity contribution in [3.8, 4) is 0 Å². The second-order valence-electron chi connectivity index (χ2n) is 6.70. The van der Waals surface area contributed by atoms with Crippen molar-refractivity contribution in [1.29, 1.82) is 0 Å². The van der Waals surface area contributed by atoms with Crippen molar-refractivity contribution < 1.29 is 0 Å². The molecule has 1 aliphatic rings. The lowest BCUT2D eigenvalue weighted by molar-refractivity contribution is 0.392. The molecule has 1 aromatic heterocycles. The maximum atomic E-state index is 4.47. The van der Waals surface area contributed by atoms with Gasteiger partial charge in [-0.2, -0.15) is 5.10 Å². The third kappa shape index (κ3) is 3.40. The van der Waals surface area contributed by atoms with Crippen LogP contribution in [-0.2, 0) is 19.5 Å². The molecule has 1 atom stereocenters. The molecule has 2 aromatic carbocycles. The Morgan fingerprint density at radius 2 is 2.08 bits per heavy atom. The van der Waals surface area contributed by atoms with E-state index in [1.54, 1.807) is 0 Å². The molecule has 0 amide bonds. The van der Waals surface area contributed by atoms with E-state index in [4.69, 9.17) is 0 Å². The summed E-state index contributed by atoms with van der Waals surface area (Å²) in [6.45, 7) is 3.50. The molecule has 2 N–H and O–H groups in total. The summed E-state index contributed by atoms with van der Waals surface area (Å²) in [4.78, 5) is 8.86. The van der Waals surface area contributed by atoms with Crippen LogP contribution in [-0.4, -0.2) is 33.8 Å². The molecule has 0 bridgehead atoms. The van der Waals surface area contributed by atoms with E-state index in [0.29, 0.717) is 6.04 Å². The van der Waals surface area contributed by atoms with Crippen LogP contribution in [0.3, 0.4) is 0 Å². The van der Waals surface area contributed by atoms with Gasteiger partial charge in [0.1, 0.15) is 11.6 Å². The minimum Gasteiger partial charge on any atom is -0.352 e. The SMILES string of the molecule is CN=C(NCc1cccc2ccccc12)NC1CCc2nc(C)nn2C1. The molecule has 0 fully saturated rings. The fourth-order valence-corrected chi connectivity index (χ4v) is 3.57. The second kappa shape index (κ2) is 7.15. The molecule has 2 heterocycles. The zero-order valence-corrected chi connectivity index (χ0v) is 15.2. The van der Waals surface area contributed by atoms with E-state index < -0.39 is 0 Å². The van der Waals surface area contributed by atoms with Crippen molar-refractivity contribution in [3.63, 3.8) is 0 Å². The van der Waals surface area contributed by atoms with Gasteiger partial charge >= 0.3 is 0 Å². The average molecular weight is 348 g/mol. The van der Waals surface area contributed by atoms with Crippen molar-refractivity contribution in [2.75, 3.05) is 7.05 Å². The van der Waals surface area contributed by atoms with Gasteiger partial charge in [-0.05, 0) is 29.7 Å². The number of hydrogen-bond donors (Lipinski definition) is 2. The number of aliphatic imine (C=N–C) groups is 1. The Balaban J connectivity index is 1.41. The molecule has 6 nitrogen and oxygen atoms in total. The Kier molecular flexibility index (Phi) is 4.56. The predicted molar refractivity (Wildman–Crippen MR) is 104 cm³/mol. The summed E-state index contributed by atoms with van der Waals surface area (Å²) in [5.41, 5.74) is 1.27. The Morgan fingerprint density at radius 1 is 1.23 bits per heavy atom. The number of benzene rings is 2. The van der Waals surface area contributed by atoms with Crippen molar-refractivity contribution in [2.24, 2.45) is 4.99 Å². The fraction of sp³-hybridized carbons (Fsp3) is 0.350. The van der Waals surface area contributed by atoms with Gasteiger partial charge < -0.3 is 10.6 Å². The van der Waals surface area contributed by atoms with Crippen LogP contribution in [0, 0.1) is 6.92 Å². The van der Waals surface area contributed by atoms with Gasteiger partial charge in [-0.1, -0.05) is 42.5 Å². The number of hydrogen-bond acceptors (Lipinski definition) is 3. The minimum atomic E-state index is 0.308. The highest BCUT2D eigenvalue weighted by Gasteiger charge is 2.21. The first-order valence-electron chi connectivity index (χ1n) is 9.07. The topological polar surface area (TPSA) is 67.1 Å². The number of aryl methyl sites for hydroxylation is 2.